The van der Waals surface area contributed by atoms with Crippen molar-refractivity contribution in [3.63, 3.8) is 0 Å². The predicted octanol–water partition coefficient (Wildman–Crippen LogP) is 3.49. The van der Waals surface area contributed by atoms with Crippen molar-refractivity contribution in [1.82, 2.24) is 19.9 Å². The quantitative estimate of drug-likeness (QED) is 0.839. The van der Waals surface area contributed by atoms with Gasteiger partial charge in [0.15, 0.2) is 5.16 Å². The van der Waals surface area contributed by atoms with Crippen molar-refractivity contribution < 1.29 is 0 Å². The van der Waals surface area contributed by atoms with Crippen molar-refractivity contribution in [2.45, 2.75) is 10.2 Å². The SMILES string of the molecule is Clc1nc(Cl)nc(Sc2ncccc2Br)n1. The van der Waals surface area contributed by atoms with Gasteiger partial charge in [-0.05, 0) is 63.0 Å². The van der Waals surface area contributed by atoms with Crippen molar-refractivity contribution in [2.24, 2.45) is 0 Å². The van der Waals surface area contributed by atoms with Crippen molar-refractivity contribution in [2.75, 3.05) is 0 Å². The first-order valence-electron chi connectivity index (χ1n) is 4.00. The Kier molecular flexibility index (Phi) is 3.96. The minimum absolute atomic E-state index is 0.0644. The summed E-state index contributed by atoms with van der Waals surface area (Å²) in [6, 6.07) is 3.70. The number of halogens is 3. The fourth-order valence-electron chi connectivity index (χ4n) is 0.887. The summed E-state index contributed by atoms with van der Waals surface area (Å²) in [5, 5.41) is 1.27. The van der Waals surface area contributed by atoms with Gasteiger partial charge < -0.3 is 0 Å². The lowest BCUT2D eigenvalue weighted by Gasteiger charge is -2.01. The first-order valence-corrected chi connectivity index (χ1v) is 6.37. The fourth-order valence-corrected chi connectivity index (χ4v) is 2.57. The van der Waals surface area contributed by atoms with E-state index in [-0.39, 0.29) is 10.6 Å². The van der Waals surface area contributed by atoms with Crippen molar-refractivity contribution in [3.05, 3.63) is 33.4 Å². The van der Waals surface area contributed by atoms with Gasteiger partial charge in [-0.3, -0.25) is 0 Å². The highest BCUT2D eigenvalue weighted by Crippen LogP contribution is 2.29. The molecule has 0 amide bonds. The Morgan fingerprint density at radius 3 is 2.44 bits per heavy atom. The Labute approximate surface area is 114 Å². The first kappa shape index (κ1) is 12.0. The summed E-state index contributed by atoms with van der Waals surface area (Å²) in [6.45, 7) is 0. The molecule has 0 radical (unpaired) electrons. The third-order valence-electron chi connectivity index (χ3n) is 1.47. The van der Waals surface area contributed by atoms with Gasteiger partial charge in [0.1, 0.15) is 5.03 Å². The van der Waals surface area contributed by atoms with Crippen LogP contribution >= 0.6 is 50.9 Å². The zero-order chi connectivity index (χ0) is 11.5. The van der Waals surface area contributed by atoms with Gasteiger partial charge in [-0.1, -0.05) is 0 Å². The molecule has 82 valence electrons. The molecule has 0 aromatic carbocycles. The van der Waals surface area contributed by atoms with Crippen LogP contribution in [0.15, 0.2) is 33.0 Å². The van der Waals surface area contributed by atoms with Gasteiger partial charge in [-0.2, -0.15) is 15.0 Å². The van der Waals surface area contributed by atoms with E-state index in [0.29, 0.717) is 5.16 Å². The second kappa shape index (κ2) is 5.27. The average Bonchev–Trinajstić information content (AvgIpc) is 2.20. The van der Waals surface area contributed by atoms with Crippen LogP contribution in [0.1, 0.15) is 0 Å². The zero-order valence-electron chi connectivity index (χ0n) is 7.56. The van der Waals surface area contributed by atoms with Gasteiger partial charge in [-0.25, -0.2) is 4.98 Å². The highest BCUT2D eigenvalue weighted by Gasteiger charge is 2.08. The molecule has 0 aliphatic carbocycles. The number of nitrogens with zero attached hydrogens (tertiary/aromatic N) is 4. The largest absolute Gasteiger partial charge is 0.248 e. The smallest absolute Gasteiger partial charge is 0.227 e. The molecule has 0 atom stereocenters. The first-order chi connectivity index (χ1) is 7.65. The second-order valence-electron chi connectivity index (χ2n) is 2.55. The molecule has 4 nitrogen and oxygen atoms in total. The average molecular weight is 338 g/mol. The molecule has 2 aromatic heterocycles. The van der Waals surface area contributed by atoms with Crippen LogP contribution in [0.3, 0.4) is 0 Å². The maximum absolute atomic E-state index is 5.66. The standard InChI is InChI=1S/C8H3BrCl2N4S/c9-4-2-1-3-12-5(4)16-8-14-6(10)13-7(11)15-8/h1-3H. The summed E-state index contributed by atoms with van der Waals surface area (Å²) < 4.78 is 0.854. The topological polar surface area (TPSA) is 51.6 Å². The maximum atomic E-state index is 5.66. The Morgan fingerprint density at radius 1 is 1.12 bits per heavy atom. The molecule has 2 aromatic rings. The van der Waals surface area contributed by atoms with E-state index in [2.05, 4.69) is 35.9 Å². The summed E-state index contributed by atoms with van der Waals surface area (Å²) in [7, 11) is 0. The Balaban J connectivity index is 2.30. The highest BCUT2D eigenvalue weighted by atomic mass is 79.9. The van der Waals surface area contributed by atoms with Crippen LogP contribution in [0, 0.1) is 0 Å². The van der Waals surface area contributed by atoms with Gasteiger partial charge >= 0.3 is 0 Å². The second-order valence-corrected chi connectivity index (χ2v) is 5.03. The monoisotopic (exact) mass is 336 g/mol. The Bertz CT molecular complexity index is 505. The van der Waals surface area contributed by atoms with Crippen molar-refractivity contribution in [3.8, 4) is 0 Å². The number of rotatable bonds is 2. The molecule has 0 saturated heterocycles. The molecule has 0 spiro atoms. The van der Waals surface area contributed by atoms with Gasteiger partial charge in [-0.15, -0.1) is 0 Å². The molecule has 2 rings (SSSR count). The molecule has 0 unspecified atom stereocenters. The van der Waals surface area contributed by atoms with E-state index >= 15 is 0 Å². The molecule has 0 bridgehead atoms. The van der Waals surface area contributed by atoms with E-state index in [1.807, 2.05) is 12.1 Å². The summed E-state index contributed by atoms with van der Waals surface area (Å²) in [6.07, 6.45) is 1.68. The molecule has 0 fully saturated rings. The molecule has 0 aliphatic heterocycles. The number of pyridine rings is 1. The summed E-state index contributed by atoms with van der Waals surface area (Å²) >= 11 is 16.0. The van der Waals surface area contributed by atoms with Crippen LogP contribution in [0.5, 0.6) is 0 Å². The molecule has 8 heteroatoms. The van der Waals surface area contributed by atoms with Crippen LogP contribution < -0.4 is 0 Å². The molecular formula is C8H3BrCl2N4S. The summed E-state index contributed by atoms with van der Waals surface area (Å²) in [5.41, 5.74) is 0. The zero-order valence-corrected chi connectivity index (χ0v) is 11.5. The summed E-state index contributed by atoms with van der Waals surface area (Å²) in [5.74, 6) is 0. The highest BCUT2D eigenvalue weighted by molar-refractivity contribution is 9.10. The minimum Gasteiger partial charge on any atom is -0.248 e. The predicted molar refractivity (Wildman–Crippen MR) is 65.9 cm³/mol. The van der Waals surface area contributed by atoms with Crippen LogP contribution in [0.25, 0.3) is 0 Å². The van der Waals surface area contributed by atoms with E-state index in [1.54, 1.807) is 6.20 Å². The van der Waals surface area contributed by atoms with E-state index in [4.69, 9.17) is 23.2 Å². The normalized spacial score (nSPS) is 10.4. The molecule has 0 saturated carbocycles. The van der Waals surface area contributed by atoms with Gasteiger partial charge in [0, 0.05) is 6.20 Å². The molecule has 0 N–H and O–H groups in total. The lowest BCUT2D eigenvalue weighted by Crippen LogP contribution is -1.92. The maximum Gasteiger partial charge on any atom is 0.227 e. The third-order valence-corrected chi connectivity index (χ3v) is 3.60. The lowest BCUT2D eigenvalue weighted by molar-refractivity contribution is 0.900. The lowest BCUT2D eigenvalue weighted by atomic mass is 10.5. The fraction of sp³-hybridized carbons (Fsp3) is 0. The van der Waals surface area contributed by atoms with Gasteiger partial charge in [0.2, 0.25) is 10.6 Å². The van der Waals surface area contributed by atoms with E-state index in [0.717, 1.165) is 9.50 Å². The van der Waals surface area contributed by atoms with Crippen LogP contribution in [0.2, 0.25) is 10.6 Å². The van der Waals surface area contributed by atoms with Crippen LogP contribution in [-0.4, -0.2) is 19.9 Å². The third kappa shape index (κ3) is 3.04. The van der Waals surface area contributed by atoms with Crippen molar-refractivity contribution in [1.29, 1.82) is 0 Å². The molecule has 0 aliphatic rings. The Morgan fingerprint density at radius 2 is 1.81 bits per heavy atom. The van der Waals surface area contributed by atoms with E-state index < -0.39 is 0 Å². The summed E-state index contributed by atoms with van der Waals surface area (Å²) in [4.78, 5) is 15.7. The van der Waals surface area contributed by atoms with Crippen LogP contribution in [-0.2, 0) is 0 Å². The van der Waals surface area contributed by atoms with Crippen molar-refractivity contribution >= 4 is 50.9 Å². The molecule has 16 heavy (non-hydrogen) atoms. The van der Waals surface area contributed by atoms with E-state index in [1.165, 1.54) is 11.8 Å². The molecular weight excluding hydrogens is 335 g/mol. The number of aromatic nitrogens is 4. The molecule has 2 heterocycles. The van der Waals surface area contributed by atoms with E-state index in [9.17, 15) is 0 Å². The van der Waals surface area contributed by atoms with Gasteiger partial charge in [0.25, 0.3) is 0 Å². The van der Waals surface area contributed by atoms with Gasteiger partial charge in [0.05, 0.1) is 4.47 Å². The number of hydrogen-bond acceptors (Lipinski definition) is 5. The number of hydrogen-bond donors (Lipinski definition) is 0. The van der Waals surface area contributed by atoms with Crippen LogP contribution in [0.4, 0.5) is 0 Å². The Hall–Kier alpha value is -0.430. The minimum atomic E-state index is 0.0644.